The van der Waals surface area contributed by atoms with Gasteiger partial charge in [0.05, 0.1) is 12.9 Å². The van der Waals surface area contributed by atoms with E-state index in [1.54, 1.807) is 38.1 Å². The van der Waals surface area contributed by atoms with Crippen LogP contribution in [0, 0.1) is 0 Å². The summed E-state index contributed by atoms with van der Waals surface area (Å²) in [6, 6.07) is 6.91. The lowest BCUT2D eigenvalue weighted by atomic mass is 10.1. The van der Waals surface area contributed by atoms with Crippen LogP contribution >= 0.6 is 11.6 Å². The molecule has 114 valence electrons. The van der Waals surface area contributed by atoms with Crippen LogP contribution in [0.4, 0.5) is 0 Å². The zero-order valence-electron chi connectivity index (χ0n) is 11.9. The Morgan fingerprint density at radius 1 is 1.25 bits per heavy atom. The van der Waals surface area contributed by atoms with Gasteiger partial charge in [0.1, 0.15) is 6.10 Å². The quantitative estimate of drug-likeness (QED) is 0.570. The number of benzene rings is 1. The molecule has 0 saturated carbocycles. The third-order valence-corrected chi connectivity index (χ3v) is 3.41. The minimum Gasteiger partial charge on any atom is -0.354 e. The predicted molar refractivity (Wildman–Crippen MR) is 77.2 cm³/mol. The van der Waals surface area contributed by atoms with Crippen LogP contribution in [-0.2, 0) is 23.8 Å². The van der Waals surface area contributed by atoms with E-state index in [-0.39, 0.29) is 6.61 Å². The lowest BCUT2D eigenvalue weighted by Gasteiger charge is -2.29. The summed E-state index contributed by atoms with van der Waals surface area (Å²) >= 11 is 5.83. The third kappa shape index (κ3) is 6.19. The lowest BCUT2D eigenvalue weighted by Crippen LogP contribution is -2.31. The SMILES string of the molecule is COC(C)(C)OC(COS(C)(=O)=O)c1ccc(Cl)cc1. The molecule has 0 radical (unpaired) electrons. The molecule has 0 aliphatic heterocycles. The predicted octanol–water partition coefficient (Wildman–Crippen LogP) is 2.76. The largest absolute Gasteiger partial charge is 0.354 e. The summed E-state index contributed by atoms with van der Waals surface area (Å²) in [5, 5.41) is 0.586. The molecule has 1 aromatic carbocycles. The van der Waals surface area contributed by atoms with Crippen molar-refractivity contribution in [2.45, 2.75) is 25.7 Å². The molecule has 0 fully saturated rings. The molecule has 1 atom stereocenters. The topological polar surface area (TPSA) is 61.8 Å². The minimum absolute atomic E-state index is 0.132. The van der Waals surface area contributed by atoms with E-state index in [1.807, 2.05) is 0 Å². The van der Waals surface area contributed by atoms with Crippen LogP contribution < -0.4 is 0 Å². The van der Waals surface area contributed by atoms with Crippen LogP contribution in [0.1, 0.15) is 25.5 Å². The third-order valence-electron chi connectivity index (χ3n) is 2.59. The van der Waals surface area contributed by atoms with E-state index >= 15 is 0 Å². The molecule has 0 N–H and O–H groups in total. The van der Waals surface area contributed by atoms with Crippen molar-refractivity contribution < 1.29 is 22.1 Å². The molecule has 20 heavy (non-hydrogen) atoms. The minimum atomic E-state index is -3.54. The van der Waals surface area contributed by atoms with E-state index in [1.165, 1.54) is 7.11 Å². The maximum atomic E-state index is 11.1. The van der Waals surface area contributed by atoms with E-state index in [0.717, 1.165) is 11.8 Å². The molecule has 0 bridgehead atoms. The molecule has 0 saturated heterocycles. The molecule has 0 heterocycles. The van der Waals surface area contributed by atoms with E-state index in [9.17, 15) is 8.42 Å². The van der Waals surface area contributed by atoms with Gasteiger partial charge in [-0.25, -0.2) is 0 Å². The molecule has 0 aromatic heterocycles. The van der Waals surface area contributed by atoms with Crippen LogP contribution in [-0.4, -0.2) is 34.2 Å². The zero-order chi connectivity index (χ0) is 15.4. The fraction of sp³-hybridized carbons (Fsp3) is 0.538. The van der Waals surface area contributed by atoms with Crippen molar-refractivity contribution in [3.05, 3.63) is 34.9 Å². The monoisotopic (exact) mass is 322 g/mol. The summed E-state index contributed by atoms with van der Waals surface area (Å²) in [6.45, 7) is 3.33. The summed E-state index contributed by atoms with van der Waals surface area (Å²) < 4.78 is 38.0. The van der Waals surface area contributed by atoms with E-state index in [2.05, 4.69) is 0 Å². The van der Waals surface area contributed by atoms with Gasteiger partial charge in [-0.2, -0.15) is 8.42 Å². The summed E-state index contributed by atoms with van der Waals surface area (Å²) in [6.07, 6.45) is 0.407. The molecule has 0 aliphatic carbocycles. The zero-order valence-corrected chi connectivity index (χ0v) is 13.5. The molecule has 1 unspecified atom stereocenters. The van der Waals surface area contributed by atoms with Crippen LogP contribution in [0.3, 0.4) is 0 Å². The highest BCUT2D eigenvalue weighted by Crippen LogP contribution is 2.26. The second kappa shape index (κ2) is 6.87. The van der Waals surface area contributed by atoms with Crippen LogP contribution in [0.15, 0.2) is 24.3 Å². The molecule has 5 nitrogen and oxygen atoms in total. The van der Waals surface area contributed by atoms with E-state index in [0.29, 0.717) is 5.02 Å². The van der Waals surface area contributed by atoms with Crippen molar-refractivity contribution >= 4 is 21.7 Å². The first kappa shape index (κ1) is 17.4. The van der Waals surface area contributed by atoms with Gasteiger partial charge in [-0.3, -0.25) is 4.18 Å². The smallest absolute Gasteiger partial charge is 0.264 e. The van der Waals surface area contributed by atoms with Gasteiger partial charge in [-0.05, 0) is 31.5 Å². The number of hydrogen-bond acceptors (Lipinski definition) is 5. The van der Waals surface area contributed by atoms with Gasteiger partial charge in [-0.1, -0.05) is 23.7 Å². The molecule has 1 aromatic rings. The van der Waals surface area contributed by atoms with Crippen molar-refractivity contribution in [3.8, 4) is 0 Å². The van der Waals surface area contributed by atoms with Crippen molar-refractivity contribution in [2.75, 3.05) is 20.0 Å². The number of ether oxygens (including phenoxy) is 2. The molecule has 0 amide bonds. The van der Waals surface area contributed by atoms with E-state index < -0.39 is 22.0 Å². The number of rotatable bonds is 7. The van der Waals surface area contributed by atoms with Gasteiger partial charge in [0.15, 0.2) is 5.79 Å². The average Bonchev–Trinajstić information content (AvgIpc) is 2.34. The Labute approximate surface area is 124 Å². The maximum Gasteiger partial charge on any atom is 0.264 e. The Hall–Kier alpha value is -0.660. The van der Waals surface area contributed by atoms with Gasteiger partial charge in [0.2, 0.25) is 0 Å². The van der Waals surface area contributed by atoms with E-state index in [4.69, 9.17) is 25.3 Å². The van der Waals surface area contributed by atoms with Crippen molar-refractivity contribution in [1.82, 2.24) is 0 Å². The average molecular weight is 323 g/mol. The van der Waals surface area contributed by atoms with Crippen molar-refractivity contribution in [2.24, 2.45) is 0 Å². The van der Waals surface area contributed by atoms with Crippen LogP contribution in [0.25, 0.3) is 0 Å². The number of hydrogen-bond donors (Lipinski definition) is 0. The summed E-state index contributed by atoms with van der Waals surface area (Å²) in [5.74, 6) is -0.870. The maximum absolute atomic E-state index is 11.1. The van der Waals surface area contributed by atoms with Crippen molar-refractivity contribution in [3.63, 3.8) is 0 Å². The van der Waals surface area contributed by atoms with Gasteiger partial charge in [0.25, 0.3) is 10.1 Å². The number of methoxy groups -OCH3 is 1. The van der Waals surface area contributed by atoms with Gasteiger partial charge in [0, 0.05) is 12.1 Å². The fourth-order valence-electron chi connectivity index (χ4n) is 1.45. The fourth-order valence-corrected chi connectivity index (χ4v) is 1.95. The highest BCUT2D eigenvalue weighted by molar-refractivity contribution is 7.85. The Bertz CT molecular complexity index is 524. The Balaban J connectivity index is 2.91. The Morgan fingerprint density at radius 3 is 2.25 bits per heavy atom. The van der Waals surface area contributed by atoms with Crippen LogP contribution in [0.2, 0.25) is 5.02 Å². The van der Waals surface area contributed by atoms with Crippen LogP contribution in [0.5, 0.6) is 0 Å². The Kier molecular flexibility index (Phi) is 5.97. The molecule has 0 spiro atoms. The standard InChI is InChI=1S/C13H19ClO5S/c1-13(2,17-3)19-12(9-18-20(4,15)16)10-5-7-11(14)8-6-10/h5-8,12H,9H2,1-4H3. The van der Waals surface area contributed by atoms with Crippen molar-refractivity contribution in [1.29, 1.82) is 0 Å². The first-order valence-electron chi connectivity index (χ1n) is 5.96. The summed E-state index contributed by atoms with van der Waals surface area (Å²) in [7, 11) is -2.03. The lowest BCUT2D eigenvalue weighted by molar-refractivity contribution is -0.230. The molecule has 1 rings (SSSR count). The summed E-state index contributed by atoms with van der Waals surface area (Å²) in [4.78, 5) is 0. The molecular formula is C13H19ClO5S. The van der Waals surface area contributed by atoms with Gasteiger partial charge in [-0.15, -0.1) is 0 Å². The van der Waals surface area contributed by atoms with Gasteiger partial charge < -0.3 is 9.47 Å². The molecular weight excluding hydrogens is 304 g/mol. The second-order valence-corrected chi connectivity index (χ2v) is 6.83. The second-order valence-electron chi connectivity index (χ2n) is 4.75. The Morgan fingerprint density at radius 2 is 1.80 bits per heavy atom. The normalized spacial score (nSPS) is 14.2. The summed E-state index contributed by atoms with van der Waals surface area (Å²) in [5.41, 5.74) is 0.753. The highest BCUT2D eigenvalue weighted by Gasteiger charge is 2.25. The number of halogens is 1. The first-order chi connectivity index (χ1) is 9.13. The molecule has 7 heteroatoms. The van der Waals surface area contributed by atoms with Gasteiger partial charge >= 0.3 is 0 Å². The highest BCUT2D eigenvalue weighted by atomic mass is 35.5. The first-order valence-corrected chi connectivity index (χ1v) is 8.15. The molecule has 0 aliphatic rings.